The summed E-state index contributed by atoms with van der Waals surface area (Å²) in [5, 5.41) is 9.72. The van der Waals surface area contributed by atoms with Crippen molar-refractivity contribution in [3.63, 3.8) is 0 Å². The van der Waals surface area contributed by atoms with Crippen molar-refractivity contribution < 1.29 is 33.0 Å². The van der Waals surface area contributed by atoms with E-state index in [0.717, 1.165) is 10.5 Å². The lowest BCUT2D eigenvalue weighted by atomic mass is 10.0. The number of carboxylic acids is 1. The lowest BCUT2D eigenvalue weighted by molar-refractivity contribution is -0.143. The molecule has 0 fully saturated rings. The third kappa shape index (κ3) is 5.67. The van der Waals surface area contributed by atoms with Crippen molar-refractivity contribution in [1.29, 1.82) is 0 Å². The van der Waals surface area contributed by atoms with E-state index in [0.29, 0.717) is 6.42 Å². The fraction of sp³-hybridized carbons (Fsp3) is 0.300. The van der Waals surface area contributed by atoms with Crippen LogP contribution in [0.3, 0.4) is 0 Å². The highest BCUT2D eigenvalue weighted by Gasteiger charge is 2.34. The number of nitrogens with zero attached hydrogens (tertiary/aromatic N) is 1. The number of ether oxygens (including phenoxy) is 2. The first-order chi connectivity index (χ1) is 13.4. The van der Waals surface area contributed by atoms with E-state index in [-0.39, 0.29) is 24.5 Å². The summed E-state index contributed by atoms with van der Waals surface area (Å²) in [7, 11) is 0. The fourth-order valence-electron chi connectivity index (χ4n) is 2.71. The number of aliphatic carboxylic acids is 1. The number of carbonyl (C=O) groups is 2. The van der Waals surface area contributed by atoms with Gasteiger partial charge >= 0.3 is 18.7 Å². The first kappa shape index (κ1) is 21.1. The Kier molecular flexibility index (Phi) is 7.74. The third-order valence-corrected chi connectivity index (χ3v) is 3.88. The van der Waals surface area contributed by atoms with Gasteiger partial charge < -0.3 is 14.6 Å². The number of halogens is 2. The summed E-state index contributed by atoms with van der Waals surface area (Å²) in [6, 6.07) is 12.9. The normalized spacial score (nSPS) is 11.7. The average molecular weight is 393 g/mol. The predicted octanol–water partition coefficient (Wildman–Crippen LogP) is 4.46. The van der Waals surface area contributed by atoms with Gasteiger partial charge in [0.15, 0.2) is 6.04 Å². The van der Waals surface area contributed by atoms with Crippen molar-refractivity contribution in [2.24, 2.45) is 0 Å². The zero-order chi connectivity index (χ0) is 20.5. The maximum Gasteiger partial charge on any atom is 0.411 e. The molecule has 0 spiro atoms. The fourth-order valence-corrected chi connectivity index (χ4v) is 2.71. The van der Waals surface area contributed by atoms with E-state index in [9.17, 15) is 23.5 Å². The van der Waals surface area contributed by atoms with Crippen molar-refractivity contribution in [2.75, 3.05) is 6.54 Å². The van der Waals surface area contributed by atoms with Gasteiger partial charge in [0.1, 0.15) is 12.4 Å². The predicted molar refractivity (Wildman–Crippen MR) is 97.1 cm³/mol. The SMILES string of the molecule is CCCN(C(=O)OCc1ccccc1)C(C(=O)O)c1ccccc1OC(F)F. The quantitative estimate of drug-likeness (QED) is 0.681. The van der Waals surface area contributed by atoms with E-state index in [1.54, 1.807) is 31.2 Å². The Morgan fingerprint density at radius 3 is 2.32 bits per heavy atom. The van der Waals surface area contributed by atoms with Crippen LogP contribution < -0.4 is 4.74 Å². The van der Waals surface area contributed by atoms with Crippen LogP contribution in [0.2, 0.25) is 0 Å². The van der Waals surface area contributed by atoms with Crippen LogP contribution >= 0.6 is 0 Å². The molecule has 2 rings (SSSR count). The third-order valence-electron chi connectivity index (χ3n) is 3.88. The molecule has 28 heavy (non-hydrogen) atoms. The molecule has 0 heterocycles. The summed E-state index contributed by atoms with van der Waals surface area (Å²) in [6.45, 7) is -1.34. The summed E-state index contributed by atoms with van der Waals surface area (Å²) < 4.78 is 35.1. The van der Waals surface area contributed by atoms with E-state index in [1.165, 1.54) is 24.3 Å². The van der Waals surface area contributed by atoms with Gasteiger partial charge in [0.2, 0.25) is 0 Å². The van der Waals surface area contributed by atoms with Gasteiger partial charge in [-0.1, -0.05) is 55.5 Å². The van der Waals surface area contributed by atoms with Gasteiger partial charge in [0.25, 0.3) is 0 Å². The molecule has 0 aliphatic heterocycles. The molecule has 150 valence electrons. The summed E-state index contributed by atoms with van der Waals surface area (Å²) in [5.74, 6) is -1.68. The topological polar surface area (TPSA) is 76.1 Å². The van der Waals surface area contributed by atoms with Crippen LogP contribution in [0.15, 0.2) is 54.6 Å². The molecule has 6 nitrogen and oxygen atoms in total. The van der Waals surface area contributed by atoms with Crippen LogP contribution in [0.1, 0.15) is 30.5 Å². The zero-order valence-corrected chi connectivity index (χ0v) is 15.3. The average Bonchev–Trinajstić information content (AvgIpc) is 2.67. The molecule has 1 amide bonds. The minimum atomic E-state index is -3.12. The molecule has 1 atom stereocenters. The van der Waals surface area contributed by atoms with Crippen molar-refractivity contribution in [3.8, 4) is 5.75 Å². The Morgan fingerprint density at radius 2 is 1.71 bits per heavy atom. The molecular formula is C20H21F2NO5. The molecule has 8 heteroatoms. The highest BCUT2D eigenvalue weighted by Crippen LogP contribution is 2.31. The van der Waals surface area contributed by atoms with Crippen LogP contribution in [0, 0.1) is 0 Å². The summed E-state index contributed by atoms with van der Waals surface area (Å²) >= 11 is 0. The number of amides is 1. The molecule has 1 N–H and O–H groups in total. The van der Waals surface area contributed by atoms with E-state index in [4.69, 9.17) is 4.74 Å². The summed E-state index contributed by atoms with van der Waals surface area (Å²) in [4.78, 5) is 25.5. The number of hydrogen-bond donors (Lipinski definition) is 1. The van der Waals surface area contributed by atoms with Gasteiger partial charge in [-0.05, 0) is 18.1 Å². The van der Waals surface area contributed by atoms with Gasteiger partial charge in [-0.3, -0.25) is 4.90 Å². The van der Waals surface area contributed by atoms with Crippen molar-refractivity contribution in [1.82, 2.24) is 4.90 Å². The molecule has 0 aliphatic carbocycles. The van der Waals surface area contributed by atoms with E-state index in [1.807, 2.05) is 6.07 Å². The van der Waals surface area contributed by atoms with Crippen LogP contribution in [-0.2, 0) is 16.1 Å². The van der Waals surface area contributed by atoms with Crippen LogP contribution in [0.5, 0.6) is 5.75 Å². The Labute approximate surface area is 161 Å². The Balaban J connectivity index is 2.29. The van der Waals surface area contributed by atoms with Gasteiger partial charge in [-0.2, -0.15) is 8.78 Å². The second kappa shape index (κ2) is 10.2. The Hall–Kier alpha value is -3.16. The van der Waals surface area contributed by atoms with E-state index < -0.39 is 24.7 Å². The van der Waals surface area contributed by atoms with E-state index in [2.05, 4.69) is 4.74 Å². The molecule has 0 bridgehead atoms. The zero-order valence-electron chi connectivity index (χ0n) is 15.3. The molecule has 2 aromatic carbocycles. The number of alkyl halides is 2. The minimum Gasteiger partial charge on any atom is -0.479 e. The second-order valence-corrected chi connectivity index (χ2v) is 5.89. The largest absolute Gasteiger partial charge is 0.479 e. The molecule has 0 radical (unpaired) electrons. The minimum absolute atomic E-state index is 0.0403. The maximum atomic E-state index is 12.7. The maximum absolute atomic E-state index is 12.7. The smallest absolute Gasteiger partial charge is 0.411 e. The number of rotatable bonds is 9. The Morgan fingerprint density at radius 1 is 1.07 bits per heavy atom. The van der Waals surface area contributed by atoms with Crippen LogP contribution in [0.4, 0.5) is 13.6 Å². The summed E-state index contributed by atoms with van der Waals surface area (Å²) in [6.07, 6.45) is -0.410. The highest BCUT2D eigenvalue weighted by molar-refractivity contribution is 5.82. The molecule has 0 aliphatic rings. The first-order valence-electron chi connectivity index (χ1n) is 8.67. The standard InChI is InChI=1S/C20H21F2NO5/c1-2-12-23(20(26)27-13-14-8-4-3-5-9-14)17(18(24)25)15-10-6-7-11-16(15)28-19(21)22/h3-11,17,19H,2,12-13H2,1H3,(H,24,25). The number of para-hydroxylation sites is 1. The van der Waals surface area contributed by atoms with Gasteiger partial charge in [0, 0.05) is 12.1 Å². The van der Waals surface area contributed by atoms with E-state index >= 15 is 0 Å². The van der Waals surface area contributed by atoms with Crippen LogP contribution in [-0.4, -0.2) is 35.2 Å². The number of carbonyl (C=O) groups excluding carboxylic acids is 1. The molecule has 0 aromatic heterocycles. The number of hydrogen-bond acceptors (Lipinski definition) is 4. The lowest BCUT2D eigenvalue weighted by Gasteiger charge is -2.29. The molecule has 0 saturated heterocycles. The van der Waals surface area contributed by atoms with Crippen molar-refractivity contribution in [3.05, 3.63) is 65.7 Å². The summed E-state index contributed by atoms with van der Waals surface area (Å²) in [5.41, 5.74) is 0.681. The second-order valence-electron chi connectivity index (χ2n) is 5.89. The monoisotopic (exact) mass is 393 g/mol. The highest BCUT2D eigenvalue weighted by atomic mass is 19.3. The van der Waals surface area contributed by atoms with Crippen LogP contribution in [0.25, 0.3) is 0 Å². The molecule has 1 unspecified atom stereocenters. The number of carboxylic acid groups (broad SMARTS) is 1. The van der Waals surface area contributed by atoms with Gasteiger partial charge in [-0.25, -0.2) is 9.59 Å². The number of benzene rings is 2. The molecule has 2 aromatic rings. The Bertz CT molecular complexity index is 785. The van der Waals surface area contributed by atoms with Gasteiger partial charge in [-0.15, -0.1) is 0 Å². The lowest BCUT2D eigenvalue weighted by Crippen LogP contribution is -2.40. The van der Waals surface area contributed by atoms with Crippen molar-refractivity contribution >= 4 is 12.1 Å². The molecular weight excluding hydrogens is 372 g/mol. The van der Waals surface area contributed by atoms with Gasteiger partial charge in [0.05, 0.1) is 0 Å². The first-order valence-corrected chi connectivity index (χ1v) is 8.67. The van der Waals surface area contributed by atoms with Crippen molar-refractivity contribution in [2.45, 2.75) is 32.6 Å². The molecule has 0 saturated carbocycles.